The van der Waals surface area contributed by atoms with Crippen LogP contribution in [-0.4, -0.2) is 39.0 Å². The Hall–Kier alpha value is -1.39. The van der Waals surface area contributed by atoms with Gasteiger partial charge in [0.15, 0.2) is 0 Å². The largest absolute Gasteiger partial charge is 0.311 e. The third-order valence-electron chi connectivity index (χ3n) is 4.64. The molecule has 0 spiro atoms. The average molecular weight is 286 g/mol. The minimum atomic E-state index is 0.168. The van der Waals surface area contributed by atoms with Gasteiger partial charge in [-0.3, -0.25) is 4.90 Å². The molecule has 21 heavy (non-hydrogen) atoms. The second-order valence-corrected chi connectivity index (χ2v) is 7.12. The van der Waals surface area contributed by atoms with Crippen molar-refractivity contribution in [3.8, 4) is 0 Å². The van der Waals surface area contributed by atoms with Crippen molar-refractivity contribution >= 4 is 5.65 Å². The average Bonchev–Trinajstić information content (AvgIpc) is 2.83. The number of fused-ring (bicyclic) bond motifs is 1. The van der Waals surface area contributed by atoms with E-state index in [9.17, 15) is 0 Å². The minimum Gasteiger partial charge on any atom is -0.311 e. The molecule has 1 fully saturated rings. The molecule has 1 saturated heterocycles. The molecule has 2 aromatic rings. The fourth-order valence-corrected chi connectivity index (χ4v) is 3.03. The zero-order valence-corrected chi connectivity index (χ0v) is 13.5. The lowest BCUT2D eigenvalue weighted by molar-refractivity contribution is 0.0465. The third-order valence-corrected chi connectivity index (χ3v) is 4.64. The van der Waals surface area contributed by atoms with Crippen molar-refractivity contribution in [2.75, 3.05) is 13.1 Å². The molecule has 0 saturated carbocycles. The van der Waals surface area contributed by atoms with Crippen molar-refractivity contribution in [2.45, 2.75) is 45.8 Å². The fourth-order valence-electron chi connectivity index (χ4n) is 3.03. The summed E-state index contributed by atoms with van der Waals surface area (Å²) in [5.41, 5.74) is 2.35. The Kier molecular flexibility index (Phi) is 3.76. The molecule has 1 atom stereocenters. The number of nitrogens with one attached hydrogen (secondary N) is 1. The maximum absolute atomic E-state index is 4.74. The number of nitrogens with zero attached hydrogens (tertiary/aromatic N) is 3. The van der Waals surface area contributed by atoms with Gasteiger partial charge in [0, 0.05) is 43.6 Å². The molecule has 2 aromatic heterocycles. The van der Waals surface area contributed by atoms with E-state index < -0.39 is 0 Å². The maximum Gasteiger partial charge on any atom is 0.137 e. The van der Waals surface area contributed by atoms with Crippen LogP contribution in [0.2, 0.25) is 0 Å². The molecule has 3 rings (SSSR count). The first-order chi connectivity index (χ1) is 9.95. The van der Waals surface area contributed by atoms with Gasteiger partial charge < -0.3 is 9.72 Å². The summed E-state index contributed by atoms with van der Waals surface area (Å²) >= 11 is 0. The van der Waals surface area contributed by atoms with Crippen LogP contribution in [-0.2, 0) is 6.54 Å². The van der Waals surface area contributed by atoms with Gasteiger partial charge in [-0.05, 0) is 31.9 Å². The Balaban J connectivity index is 1.80. The maximum atomic E-state index is 4.74. The van der Waals surface area contributed by atoms with Crippen LogP contribution >= 0.6 is 0 Å². The van der Waals surface area contributed by atoms with Gasteiger partial charge in [-0.25, -0.2) is 4.98 Å². The van der Waals surface area contributed by atoms with Crippen LogP contribution in [0, 0.1) is 5.92 Å². The first kappa shape index (κ1) is 14.5. The molecule has 0 aromatic carbocycles. The standard InChI is InChI=1S/C17H26N4/c1-13(2)15-11-21(17(3,4)12-18-15)10-14-9-20-8-6-5-7-16(20)19-14/h5-9,13,15,18H,10-12H2,1-4H3. The molecule has 0 radical (unpaired) electrons. The smallest absolute Gasteiger partial charge is 0.137 e. The predicted molar refractivity (Wildman–Crippen MR) is 86.3 cm³/mol. The third kappa shape index (κ3) is 2.97. The summed E-state index contributed by atoms with van der Waals surface area (Å²) in [4.78, 5) is 7.31. The van der Waals surface area contributed by atoms with Gasteiger partial charge in [0.25, 0.3) is 0 Å². The van der Waals surface area contributed by atoms with Crippen LogP contribution in [0.1, 0.15) is 33.4 Å². The molecular formula is C17H26N4. The molecule has 0 aliphatic carbocycles. The molecule has 114 valence electrons. The summed E-state index contributed by atoms with van der Waals surface area (Å²) in [6.07, 6.45) is 4.21. The monoisotopic (exact) mass is 286 g/mol. The van der Waals surface area contributed by atoms with Gasteiger partial charge in [0.2, 0.25) is 0 Å². The highest BCUT2D eigenvalue weighted by Gasteiger charge is 2.35. The summed E-state index contributed by atoms with van der Waals surface area (Å²) < 4.78 is 2.10. The van der Waals surface area contributed by atoms with Crippen LogP contribution in [0.25, 0.3) is 5.65 Å². The van der Waals surface area contributed by atoms with Gasteiger partial charge in [-0.15, -0.1) is 0 Å². The summed E-state index contributed by atoms with van der Waals surface area (Å²) in [5, 5.41) is 3.68. The molecule has 1 unspecified atom stereocenters. The molecule has 0 amide bonds. The lowest BCUT2D eigenvalue weighted by Gasteiger charge is -2.47. The van der Waals surface area contributed by atoms with Crippen LogP contribution in [0.4, 0.5) is 0 Å². The van der Waals surface area contributed by atoms with E-state index in [0.717, 1.165) is 31.0 Å². The van der Waals surface area contributed by atoms with E-state index in [1.54, 1.807) is 0 Å². The molecule has 3 heterocycles. The molecular weight excluding hydrogens is 260 g/mol. The predicted octanol–water partition coefficient (Wildman–Crippen LogP) is 2.54. The Bertz CT molecular complexity index is 581. The van der Waals surface area contributed by atoms with Crippen molar-refractivity contribution in [3.63, 3.8) is 0 Å². The molecule has 1 N–H and O–H groups in total. The summed E-state index contributed by atoms with van der Waals surface area (Å²) in [6.45, 7) is 12.2. The van der Waals surface area contributed by atoms with Crippen LogP contribution in [0.15, 0.2) is 30.6 Å². The van der Waals surface area contributed by atoms with Crippen LogP contribution in [0.3, 0.4) is 0 Å². The Labute approximate surface area is 127 Å². The fraction of sp³-hybridized carbons (Fsp3) is 0.588. The van der Waals surface area contributed by atoms with E-state index >= 15 is 0 Å². The van der Waals surface area contributed by atoms with E-state index in [-0.39, 0.29) is 5.54 Å². The van der Waals surface area contributed by atoms with Gasteiger partial charge >= 0.3 is 0 Å². The zero-order valence-electron chi connectivity index (χ0n) is 13.5. The van der Waals surface area contributed by atoms with Gasteiger partial charge in [0.1, 0.15) is 5.65 Å². The zero-order chi connectivity index (χ0) is 15.0. The topological polar surface area (TPSA) is 32.6 Å². The van der Waals surface area contributed by atoms with E-state index in [2.05, 4.69) is 60.8 Å². The minimum absolute atomic E-state index is 0.168. The molecule has 1 aliphatic heterocycles. The Morgan fingerprint density at radius 3 is 2.90 bits per heavy atom. The van der Waals surface area contributed by atoms with Crippen LogP contribution in [0.5, 0.6) is 0 Å². The number of rotatable bonds is 3. The SMILES string of the molecule is CC(C)C1CN(Cc2cn3ccccc3n2)C(C)(C)CN1. The Morgan fingerprint density at radius 1 is 1.38 bits per heavy atom. The van der Waals surface area contributed by atoms with Gasteiger partial charge in [-0.2, -0.15) is 0 Å². The lowest BCUT2D eigenvalue weighted by Crippen LogP contribution is -2.62. The van der Waals surface area contributed by atoms with Crippen molar-refractivity contribution < 1.29 is 0 Å². The number of aromatic nitrogens is 2. The van der Waals surface area contributed by atoms with E-state index in [0.29, 0.717) is 12.0 Å². The van der Waals surface area contributed by atoms with Crippen molar-refractivity contribution in [2.24, 2.45) is 5.92 Å². The van der Waals surface area contributed by atoms with Gasteiger partial charge in [0.05, 0.1) is 5.69 Å². The first-order valence-electron chi connectivity index (χ1n) is 7.87. The highest BCUT2D eigenvalue weighted by molar-refractivity contribution is 5.39. The molecule has 4 nitrogen and oxygen atoms in total. The molecule has 0 bridgehead atoms. The van der Waals surface area contributed by atoms with E-state index in [1.807, 2.05) is 12.1 Å². The molecule has 4 heteroatoms. The normalized spacial score (nSPS) is 23.0. The number of hydrogen-bond acceptors (Lipinski definition) is 3. The first-order valence-corrected chi connectivity index (χ1v) is 7.87. The summed E-state index contributed by atoms with van der Waals surface area (Å²) in [6, 6.07) is 6.70. The van der Waals surface area contributed by atoms with Crippen molar-refractivity contribution in [1.82, 2.24) is 19.6 Å². The van der Waals surface area contributed by atoms with Crippen molar-refractivity contribution in [3.05, 3.63) is 36.3 Å². The Morgan fingerprint density at radius 2 is 2.19 bits per heavy atom. The highest BCUT2D eigenvalue weighted by Crippen LogP contribution is 2.23. The molecule has 1 aliphatic rings. The van der Waals surface area contributed by atoms with E-state index in [4.69, 9.17) is 4.98 Å². The second kappa shape index (κ2) is 5.43. The number of piperazine rings is 1. The van der Waals surface area contributed by atoms with Crippen molar-refractivity contribution in [1.29, 1.82) is 0 Å². The lowest BCUT2D eigenvalue weighted by atomic mass is 9.93. The summed E-state index contributed by atoms with van der Waals surface area (Å²) in [5.74, 6) is 0.657. The highest BCUT2D eigenvalue weighted by atomic mass is 15.3. The summed E-state index contributed by atoms with van der Waals surface area (Å²) in [7, 11) is 0. The second-order valence-electron chi connectivity index (χ2n) is 7.12. The number of imidazole rings is 1. The number of hydrogen-bond donors (Lipinski definition) is 1. The van der Waals surface area contributed by atoms with E-state index in [1.165, 1.54) is 0 Å². The quantitative estimate of drug-likeness (QED) is 0.941. The number of pyridine rings is 1. The van der Waals surface area contributed by atoms with Crippen LogP contribution < -0.4 is 5.32 Å². The van der Waals surface area contributed by atoms with Gasteiger partial charge in [-0.1, -0.05) is 19.9 Å².